The number of pyridine rings is 1. The number of piperidine rings is 1. The molecule has 0 aromatic carbocycles. The van der Waals surface area contributed by atoms with Crippen molar-refractivity contribution in [1.29, 1.82) is 0 Å². The molecule has 0 amide bonds. The summed E-state index contributed by atoms with van der Waals surface area (Å²) in [5, 5.41) is 4.29. The molecule has 1 saturated heterocycles. The predicted octanol–water partition coefficient (Wildman–Crippen LogP) is 0.511. The largest absolute Gasteiger partial charge is 0.480 e. The van der Waals surface area contributed by atoms with E-state index in [4.69, 9.17) is 14.5 Å². The zero-order chi connectivity index (χ0) is 20.5. The van der Waals surface area contributed by atoms with Gasteiger partial charge in [-0.1, -0.05) is 0 Å². The van der Waals surface area contributed by atoms with Crippen molar-refractivity contribution in [2.75, 3.05) is 37.5 Å². The van der Waals surface area contributed by atoms with Gasteiger partial charge in [-0.15, -0.1) is 4.09 Å². The summed E-state index contributed by atoms with van der Waals surface area (Å²) in [5.41, 5.74) is -0.792. The van der Waals surface area contributed by atoms with Gasteiger partial charge in [0.1, 0.15) is 11.2 Å². The average molecular weight is 430 g/mol. The summed E-state index contributed by atoms with van der Waals surface area (Å²) in [4.78, 5) is 37.2. The quantitative estimate of drug-likeness (QED) is 0.629. The molecule has 10 nitrogen and oxygen atoms in total. The summed E-state index contributed by atoms with van der Waals surface area (Å²) in [5.74, 6) is 1.13. The highest BCUT2D eigenvalue weighted by molar-refractivity contribution is 7.89. The average Bonchev–Trinajstić information content (AvgIpc) is 2.65. The third-order valence-corrected chi connectivity index (χ3v) is 6.42. The fraction of sp³-hybridized carbons (Fsp3) is 0.562. The fourth-order valence-corrected chi connectivity index (χ4v) is 4.61. The molecule has 0 saturated carbocycles. The van der Waals surface area contributed by atoms with Crippen molar-refractivity contribution in [1.82, 2.24) is 14.2 Å². The summed E-state index contributed by atoms with van der Waals surface area (Å²) in [7, 11) is -4.30. The van der Waals surface area contributed by atoms with Gasteiger partial charge in [-0.3, -0.25) is 4.79 Å². The van der Waals surface area contributed by atoms with Crippen LogP contribution in [-0.4, -0.2) is 65.0 Å². The topological polar surface area (TPSA) is 135 Å². The normalized spacial score (nSPS) is 16.1. The van der Waals surface area contributed by atoms with Crippen LogP contribution in [0.2, 0.25) is 0 Å². The van der Waals surface area contributed by atoms with Gasteiger partial charge < -0.3 is 19.4 Å². The molecule has 0 unspecified atom stereocenters. The van der Waals surface area contributed by atoms with Crippen LogP contribution in [0.25, 0.3) is 10.8 Å². The Morgan fingerprint density at radius 2 is 2.00 bits per heavy atom. The summed E-state index contributed by atoms with van der Waals surface area (Å²) >= 11 is 0. The van der Waals surface area contributed by atoms with Crippen LogP contribution in [0.1, 0.15) is 19.3 Å². The van der Waals surface area contributed by atoms with E-state index in [2.05, 4.69) is 15.0 Å². The molecule has 154 valence electrons. The molecule has 0 atom stereocenters. The molecule has 12 heteroatoms. The van der Waals surface area contributed by atoms with Crippen LogP contribution in [0, 0.1) is 5.92 Å². The Morgan fingerprint density at radius 3 is 2.57 bits per heavy atom. The summed E-state index contributed by atoms with van der Waals surface area (Å²) in [6, 6.07) is 1.71. The molecule has 1 aliphatic heterocycles. The van der Waals surface area contributed by atoms with E-state index in [1.807, 2.05) is 0 Å². The Balaban J connectivity index is 1.89. The predicted molar refractivity (Wildman–Crippen MR) is 106 cm³/mol. The minimum Gasteiger partial charge on any atom is -0.480 e. The van der Waals surface area contributed by atoms with E-state index in [0.29, 0.717) is 27.4 Å². The summed E-state index contributed by atoms with van der Waals surface area (Å²) < 4.78 is 29.2. The Bertz CT molecular complexity index is 1020. The van der Waals surface area contributed by atoms with Crippen LogP contribution in [0.3, 0.4) is 0 Å². The van der Waals surface area contributed by atoms with Crippen LogP contribution in [0.5, 0.6) is 5.88 Å². The van der Waals surface area contributed by atoms with Gasteiger partial charge in [0.2, 0.25) is 5.88 Å². The second-order valence-corrected chi connectivity index (χ2v) is 9.83. The van der Waals surface area contributed by atoms with Crippen LogP contribution in [0.15, 0.2) is 17.1 Å². The molecule has 2 aromatic heterocycles. The Morgan fingerprint density at radius 1 is 1.32 bits per heavy atom. The Kier molecular flexibility index (Phi) is 6.18. The van der Waals surface area contributed by atoms with Crippen molar-refractivity contribution >= 4 is 35.0 Å². The van der Waals surface area contributed by atoms with Crippen molar-refractivity contribution in [3.05, 3.63) is 22.6 Å². The first-order chi connectivity index (χ1) is 13.2. The highest BCUT2D eigenvalue weighted by Gasteiger charge is 2.23. The maximum Gasteiger partial charge on any atom is 0.294 e. The lowest BCUT2D eigenvalue weighted by Crippen LogP contribution is -2.34. The first-order valence-electron chi connectivity index (χ1n) is 8.78. The number of fused-ring (bicyclic) bond motifs is 1. The number of hydrogen-bond acceptors (Lipinski definition) is 9. The third-order valence-electron chi connectivity index (χ3n) is 4.88. The van der Waals surface area contributed by atoms with Gasteiger partial charge in [0.15, 0.2) is 8.38 Å². The molecule has 3 heterocycles. The molecule has 1 aliphatic rings. The lowest BCUT2D eigenvalue weighted by molar-refractivity contribution is 0.382. The molecule has 2 aromatic rings. The van der Waals surface area contributed by atoms with E-state index in [9.17, 15) is 13.2 Å². The highest BCUT2D eigenvalue weighted by atomic mass is 32.2. The standard InChI is InChI=1S/C16H23N4O6PS/c1-26-15-14-12(10-17-20(16(14)21)28(2,24)25)9-13(18-15)19-6-3-11(4-7-19)5-8-27(22)23/h9-11,22-23H,3-8H2,1-2H3. The molecule has 3 rings (SSSR count). The van der Waals surface area contributed by atoms with Gasteiger partial charge in [0.05, 0.1) is 19.6 Å². The van der Waals surface area contributed by atoms with Crippen molar-refractivity contribution in [3.8, 4) is 5.88 Å². The molecule has 2 N–H and O–H groups in total. The number of ether oxygens (including phenoxy) is 1. The highest BCUT2D eigenvalue weighted by Crippen LogP contribution is 2.32. The monoisotopic (exact) mass is 430 g/mol. The molecule has 28 heavy (non-hydrogen) atoms. The van der Waals surface area contributed by atoms with Gasteiger partial charge in [0.25, 0.3) is 15.6 Å². The Labute approximate surface area is 163 Å². The van der Waals surface area contributed by atoms with Gasteiger partial charge in [-0.2, -0.15) is 10.1 Å². The Hall–Kier alpha value is -1.81. The number of rotatable bonds is 6. The van der Waals surface area contributed by atoms with Crippen LogP contribution in [-0.2, 0) is 10.0 Å². The van der Waals surface area contributed by atoms with Gasteiger partial charge in [0, 0.05) is 24.6 Å². The zero-order valence-corrected chi connectivity index (χ0v) is 17.4. The molecule has 0 radical (unpaired) electrons. The zero-order valence-electron chi connectivity index (χ0n) is 15.6. The van der Waals surface area contributed by atoms with Gasteiger partial charge in [-0.05, 0) is 31.2 Å². The molecule has 1 fully saturated rings. The summed E-state index contributed by atoms with van der Waals surface area (Å²) in [6.07, 6.45) is 5.25. The smallest absolute Gasteiger partial charge is 0.294 e. The number of hydrogen-bond donors (Lipinski definition) is 2. The molecule has 0 aliphatic carbocycles. The third kappa shape index (κ3) is 4.43. The maximum atomic E-state index is 12.6. The van der Waals surface area contributed by atoms with Crippen molar-refractivity contribution in [2.24, 2.45) is 5.92 Å². The lowest BCUT2D eigenvalue weighted by atomic mass is 9.94. The second-order valence-electron chi connectivity index (χ2n) is 6.82. The van der Waals surface area contributed by atoms with Crippen LogP contribution < -0.4 is 15.2 Å². The second kappa shape index (κ2) is 8.28. The van der Waals surface area contributed by atoms with E-state index in [1.54, 1.807) is 6.07 Å². The number of aromatic nitrogens is 3. The van der Waals surface area contributed by atoms with E-state index in [0.717, 1.165) is 38.6 Å². The lowest BCUT2D eigenvalue weighted by Gasteiger charge is -2.33. The van der Waals surface area contributed by atoms with Gasteiger partial charge >= 0.3 is 0 Å². The molecule has 0 spiro atoms. The maximum absolute atomic E-state index is 12.6. The van der Waals surface area contributed by atoms with E-state index in [-0.39, 0.29) is 11.3 Å². The van der Waals surface area contributed by atoms with Crippen LogP contribution >= 0.6 is 8.38 Å². The number of methoxy groups -OCH3 is 1. The SMILES string of the molecule is COc1nc(N2CCC(CCP(O)O)CC2)cc2cnn(S(C)(=O)=O)c(=O)c12. The minimum absolute atomic E-state index is 0.0608. The molecular formula is C16H23N4O6PS. The van der Waals surface area contributed by atoms with Crippen LogP contribution in [0.4, 0.5) is 5.82 Å². The van der Waals surface area contributed by atoms with Crippen molar-refractivity contribution in [3.63, 3.8) is 0 Å². The van der Waals surface area contributed by atoms with Crippen molar-refractivity contribution in [2.45, 2.75) is 19.3 Å². The first kappa shape index (κ1) is 20.9. The van der Waals surface area contributed by atoms with E-state index in [1.165, 1.54) is 13.3 Å². The molecule has 0 bridgehead atoms. The summed E-state index contributed by atoms with van der Waals surface area (Å²) in [6.45, 7) is 1.49. The number of nitrogens with zero attached hydrogens (tertiary/aromatic N) is 4. The minimum atomic E-state index is -3.83. The van der Waals surface area contributed by atoms with E-state index >= 15 is 0 Å². The van der Waals surface area contributed by atoms with Gasteiger partial charge in [-0.25, -0.2) is 8.42 Å². The molecular weight excluding hydrogens is 407 g/mol. The van der Waals surface area contributed by atoms with E-state index < -0.39 is 24.0 Å². The number of anilines is 1. The fourth-order valence-electron chi connectivity index (χ4n) is 3.40. The van der Waals surface area contributed by atoms with Crippen molar-refractivity contribution < 1.29 is 22.9 Å². The first-order valence-corrected chi connectivity index (χ1v) is 12.1.